The largest absolute Gasteiger partial charge is 0.345 e. The van der Waals surface area contributed by atoms with Gasteiger partial charge in [0.15, 0.2) is 0 Å². The Morgan fingerprint density at radius 2 is 1.73 bits per heavy atom. The zero-order valence-corrected chi connectivity index (χ0v) is 20.6. The van der Waals surface area contributed by atoms with Gasteiger partial charge in [-0.1, -0.05) is 36.7 Å². The van der Waals surface area contributed by atoms with E-state index in [1.54, 1.807) is 72.4 Å². The Kier molecular flexibility index (Phi) is 6.19. The Balaban J connectivity index is 1.59. The highest BCUT2D eigenvalue weighted by atomic mass is 35.5. The van der Waals surface area contributed by atoms with Crippen molar-refractivity contribution in [1.82, 2.24) is 15.1 Å². The van der Waals surface area contributed by atoms with Crippen molar-refractivity contribution >= 4 is 40.0 Å². The Bertz CT molecular complexity index is 1500. The summed E-state index contributed by atoms with van der Waals surface area (Å²) in [6.07, 6.45) is 1.62. The number of fused-ring (bicyclic) bond motifs is 1. The molecule has 1 fully saturated rings. The lowest BCUT2D eigenvalue weighted by molar-refractivity contribution is -0.144. The van der Waals surface area contributed by atoms with E-state index in [0.29, 0.717) is 34.3 Å². The summed E-state index contributed by atoms with van der Waals surface area (Å²) in [5.41, 5.74) is 2.40. The molecule has 1 aliphatic heterocycles. The van der Waals surface area contributed by atoms with Crippen LogP contribution in [0.1, 0.15) is 25.5 Å². The first-order valence-corrected chi connectivity index (χ1v) is 11.9. The summed E-state index contributed by atoms with van der Waals surface area (Å²) in [5, 5.41) is 7.83. The standard InChI is InChI=1S/C27H22ClF3N4O2/c1-15-23(33-26(37)27(2,30)31)24(20-5-3-4-6-21(20)28)34(25(15)36)19-11-12-22-16(13-19)14-32-35(22)18-9-7-17(29)8-10-18/h3-15,23-24H,1-2H3,(H,33,37)/t15-,23+,24-/m1/s1. The summed E-state index contributed by atoms with van der Waals surface area (Å²) in [5.74, 6) is -6.59. The molecule has 190 valence electrons. The average molecular weight is 527 g/mol. The molecule has 10 heteroatoms. The van der Waals surface area contributed by atoms with Gasteiger partial charge >= 0.3 is 5.92 Å². The van der Waals surface area contributed by atoms with Crippen molar-refractivity contribution in [1.29, 1.82) is 0 Å². The maximum absolute atomic E-state index is 13.8. The van der Waals surface area contributed by atoms with E-state index in [-0.39, 0.29) is 11.7 Å². The summed E-state index contributed by atoms with van der Waals surface area (Å²) in [6.45, 7) is 2.11. The third-order valence-corrected chi connectivity index (χ3v) is 6.95. The Morgan fingerprint density at radius 3 is 2.41 bits per heavy atom. The summed E-state index contributed by atoms with van der Waals surface area (Å²) in [6, 6.07) is 16.2. The number of amides is 2. The van der Waals surface area contributed by atoms with Crippen LogP contribution in [0.25, 0.3) is 16.6 Å². The van der Waals surface area contributed by atoms with Gasteiger partial charge in [0.1, 0.15) is 5.82 Å². The Hall–Kier alpha value is -3.85. The summed E-state index contributed by atoms with van der Waals surface area (Å²) >= 11 is 6.48. The van der Waals surface area contributed by atoms with Gasteiger partial charge in [-0.05, 0) is 54.1 Å². The van der Waals surface area contributed by atoms with Crippen molar-refractivity contribution in [2.45, 2.75) is 31.9 Å². The number of nitrogens with zero attached hydrogens (tertiary/aromatic N) is 3. The second kappa shape index (κ2) is 9.23. The van der Waals surface area contributed by atoms with Crippen molar-refractivity contribution in [3.05, 3.63) is 89.3 Å². The summed E-state index contributed by atoms with van der Waals surface area (Å²) in [4.78, 5) is 27.3. The molecule has 3 aromatic carbocycles. The first-order chi connectivity index (χ1) is 17.6. The van der Waals surface area contributed by atoms with Crippen LogP contribution in [0.3, 0.4) is 0 Å². The van der Waals surface area contributed by atoms with Crippen LogP contribution in [0.4, 0.5) is 18.9 Å². The van der Waals surface area contributed by atoms with Crippen molar-refractivity contribution in [2.24, 2.45) is 5.92 Å². The SMILES string of the molecule is C[C@H]1C(=O)N(c2ccc3c(cnn3-c3ccc(F)cc3)c2)[C@H](c2ccccc2Cl)[C@H]1NC(=O)C(C)(F)F. The molecule has 5 rings (SSSR count). The van der Waals surface area contributed by atoms with E-state index in [1.807, 2.05) is 0 Å². The van der Waals surface area contributed by atoms with Gasteiger partial charge in [0.2, 0.25) is 5.91 Å². The maximum Gasteiger partial charge on any atom is 0.321 e. The first kappa shape index (κ1) is 24.8. The second-order valence-electron chi connectivity index (χ2n) is 9.13. The van der Waals surface area contributed by atoms with E-state index in [4.69, 9.17) is 11.6 Å². The van der Waals surface area contributed by atoms with Crippen LogP contribution in [-0.2, 0) is 9.59 Å². The number of hydrogen-bond donors (Lipinski definition) is 1. The van der Waals surface area contributed by atoms with E-state index >= 15 is 0 Å². The quantitative estimate of drug-likeness (QED) is 0.364. The van der Waals surface area contributed by atoms with Crippen LogP contribution in [-0.4, -0.2) is 33.6 Å². The number of halogens is 4. The van der Waals surface area contributed by atoms with Gasteiger partial charge < -0.3 is 10.2 Å². The van der Waals surface area contributed by atoms with Crippen molar-refractivity contribution in [2.75, 3.05) is 4.90 Å². The molecule has 6 nitrogen and oxygen atoms in total. The predicted octanol–water partition coefficient (Wildman–Crippen LogP) is 5.68. The lowest BCUT2D eigenvalue weighted by Crippen LogP contribution is -2.48. The molecule has 0 unspecified atom stereocenters. The molecular formula is C27H22ClF3N4O2. The Labute approximate surface area is 215 Å². The number of nitrogens with one attached hydrogen (secondary N) is 1. The lowest BCUT2D eigenvalue weighted by Gasteiger charge is -2.30. The van der Waals surface area contributed by atoms with Crippen LogP contribution in [0.15, 0.2) is 72.9 Å². The molecule has 2 amide bonds. The molecule has 1 saturated heterocycles. The van der Waals surface area contributed by atoms with Gasteiger partial charge in [-0.15, -0.1) is 0 Å². The molecule has 1 aromatic heterocycles. The highest BCUT2D eigenvalue weighted by molar-refractivity contribution is 6.31. The third-order valence-electron chi connectivity index (χ3n) is 6.61. The van der Waals surface area contributed by atoms with Gasteiger partial charge in [-0.25, -0.2) is 9.07 Å². The molecule has 1 aliphatic rings. The van der Waals surface area contributed by atoms with Gasteiger partial charge in [-0.3, -0.25) is 9.59 Å². The van der Waals surface area contributed by atoms with E-state index < -0.39 is 29.8 Å². The smallest absolute Gasteiger partial charge is 0.321 e. The van der Waals surface area contributed by atoms with Gasteiger partial charge in [0.25, 0.3) is 5.91 Å². The van der Waals surface area contributed by atoms with Gasteiger partial charge in [-0.2, -0.15) is 13.9 Å². The minimum absolute atomic E-state index is 0.340. The van der Waals surface area contributed by atoms with Gasteiger partial charge in [0, 0.05) is 23.0 Å². The van der Waals surface area contributed by atoms with E-state index in [9.17, 15) is 22.8 Å². The molecule has 4 aromatic rings. The summed E-state index contributed by atoms with van der Waals surface area (Å²) < 4.78 is 42.6. The molecular weight excluding hydrogens is 505 g/mol. The molecule has 37 heavy (non-hydrogen) atoms. The molecule has 0 bridgehead atoms. The minimum Gasteiger partial charge on any atom is -0.345 e. The van der Waals surface area contributed by atoms with E-state index in [1.165, 1.54) is 17.0 Å². The monoisotopic (exact) mass is 526 g/mol. The number of rotatable bonds is 5. The van der Waals surface area contributed by atoms with Crippen LogP contribution in [0.2, 0.25) is 5.02 Å². The molecule has 3 atom stereocenters. The van der Waals surface area contributed by atoms with Crippen LogP contribution < -0.4 is 10.2 Å². The zero-order valence-electron chi connectivity index (χ0n) is 19.8. The van der Waals surface area contributed by atoms with Crippen LogP contribution in [0.5, 0.6) is 0 Å². The highest BCUT2D eigenvalue weighted by Gasteiger charge is 2.50. The first-order valence-electron chi connectivity index (χ1n) is 11.6. The fourth-order valence-corrected chi connectivity index (χ4v) is 4.97. The predicted molar refractivity (Wildman–Crippen MR) is 134 cm³/mol. The molecule has 2 heterocycles. The van der Waals surface area contributed by atoms with Crippen LogP contribution in [0, 0.1) is 11.7 Å². The average Bonchev–Trinajstić information content (AvgIpc) is 3.38. The molecule has 0 radical (unpaired) electrons. The van der Waals surface area contributed by atoms with Crippen molar-refractivity contribution < 1.29 is 22.8 Å². The molecule has 0 saturated carbocycles. The molecule has 0 spiro atoms. The minimum atomic E-state index is -3.62. The Morgan fingerprint density at radius 1 is 1.05 bits per heavy atom. The number of alkyl halides is 2. The number of hydrogen-bond acceptors (Lipinski definition) is 3. The second-order valence-corrected chi connectivity index (χ2v) is 9.53. The highest BCUT2D eigenvalue weighted by Crippen LogP contribution is 2.43. The maximum atomic E-state index is 13.8. The van der Waals surface area contributed by atoms with Gasteiger partial charge in [0.05, 0.1) is 35.4 Å². The summed E-state index contributed by atoms with van der Waals surface area (Å²) in [7, 11) is 0. The third kappa shape index (κ3) is 4.44. The van der Waals surface area contributed by atoms with Crippen LogP contribution >= 0.6 is 11.6 Å². The fourth-order valence-electron chi connectivity index (χ4n) is 4.72. The zero-order chi connectivity index (χ0) is 26.5. The fraction of sp³-hybridized carbons (Fsp3) is 0.222. The van der Waals surface area contributed by atoms with E-state index in [0.717, 1.165) is 5.52 Å². The lowest BCUT2D eigenvalue weighted by atomic mass is 9.94. The number of carbonyl (C=O) groups excluding carboxylic acids is 2. The van der Waals surface area contributed by atoms with Crippen molar-refractivity contribution in [3.8, 4) is 5.69 Å². The molecule has 0 aliphatic carbocycles. The number of carbonyl (C=O) groups is 2. The number of benzene rings is 3. The normalized spacial score (nSPS) is 20.0. The van der Waals surface area contributed by atoms with Crippen molar-refractivity contribution in [3.63, 3.8) is 0 Å². The number of aromatic nitrogens is 2. The molecule has 1 N–H and O–H groups in total. The number of anilines is 1. The van der Waals surface area contributed by atoms with E-state index in [2.05, 4.69) is 10.4 Å². The topological polar surface area (TPSA) is 67.2 Å².